The van der Waals surface area contributed by atoms with E-state index in [1.165, 1.54) is 6.34 Å². The molecule has 1 saturated carbocycles. The quantitative estimate of drug-likeness (QED) is 0.0906. The molecule has 5 rings (SSSR count). The largest absolute Gasteiger partial charge is 0.487 e. The first kappa shape index (κ1) is 37.2. The third-order valence-electron chi connectivity index (χ3n) is 8.86. The highest BCUT2D eigenvalue weighted by atomic mass is 35.5. The van der Waals surface area contributed by atoms with E-state index in [2.05, 4.69) is 54.9 Å². The molecule has 3 heterocycles. The van der Waals surface area contributed by atoms with Crippen molar-refractivity contribution < 1.29 is 23.5 Å². The molecule has 1 aliphatic heterocycles. The fourth-order valence-corrected chi connectivity index (χ4v) is 6.59. The van der Waals surface area contributed by atoms with Crippen molar-refractivity contribution >= 4 is 42.1 Å². The molecular formula is C36H51ClN9O4+. The smallest absolute Gasteiger partial charge is 0.257 e. The average Bonchev–Trinajstić information content (AvgIpc) is 3.48. The summed E-state index contributed by atoms with van der Waals surface area (Å²) in [6.45, 7) is 11.3. The molecule has 50 heavy (non-hydrogen) atoms. The maximum Gasteiger partial charge on any atom is 0.257 e. The molecule has 2 aromatic heterocycles. The van der Waals surface area contributed by atoms with Crippen molar-refractivity contribution in [3.8, 4) is 22.8 Å². The van der Waals surface area contributed by atoms with Crippen LogP contribution in [-0.2, 0) is 9.47 Å². The van der Waals surface area contributed by atoms with Gasteiger partial charge in [0.25, 0.3) is 5.88 Å². The minimum absolute atomic E-state index is 0.0829. The molecule has 13 nitrogen and oxygen atoms in total. The summed E-state index contributed by atoms with van der Waals surface area (Å²) in [5, 5.41) is 18.7. The van der Waals surface area contributed by atoms with E-state index >= 15 is 0 Å². The molecule has 4 atom stereocenters. The van der Waals surface area contributed by atoms with Crippen LogP contribution < -0.4 is 20.1 Å². The van der Waals surface area contributed by atoms with Crippen LogP contribution in [0.1, 0.15) is 65.8 Å². The molecule has 3 N–H and O–H groups in total. The van der Waals surface area contributed by atoms with Crippen LogP contribution in [0.3, 0.4) is 0 Å². The van der Waals surface area contributed by atoms with Gasteiger partial charge in [-0.3, -0.25) is 10.1 Å². The molecule has 2 aliphatic rings. The Labute approximate surface area is 300 Å². The zero-order valence-corrected chi connectivity index (χ0v) is 30.5. The number of nitrogens with zero attached hydrogens (tertiary/aromatic N) is 6. The lowest BCUT2D eigenvalue weighted by molar-refractivity contribution is -0.564. The van der Waals surface area contributed by atoms with E-state index in [9.17, 15) is 0 Å². The third-order valence-corrected chi connectivity index (χ3v) is 9.17. The molecule has 0 amide bonds. The van der Waals surface area contributed by atoms with Crippen LogP contribution >= 0.6 is 11.6 Å². The van der Waals surface area contributed by atoms with Gasteiger partial charge in [-0.05, 0) is 71.1 Å². The second kappa shape index (κ2) is 18.2. The van der Waals surface area contributed by atoms with Gasteiger partial charge in [-0.2, -0.15) is 0 Å². The number of nitrogens with one attached hydrogen (secondary N) is 3. The number of morpholine rings is 1. The molecular weight excluding hydrogens is 658 g/mol. The summed E-state index contributed by atoms with van der Waals surface area (Å²) < 4.78 is 28.1. The van der Waals surface area contributed by atoms with Gasteiger partial charge >= 0.3 is 0 Å². The molecule has 0 spiro atoms. The van der Waals surface area contributed by atoms with Gasteiger partial charge in [-0.1, -0.05) is 17.7 Å². The lowest BCUT2D eigenvalue weighted by Crippen LogP contribution is -2.41. The second-order valence-electron chi connectivity index (χ2n) is 13.3. The zero-order chi connectivity index (χ0) is 35.5. The lowest BCUT2D eigenvalue weighted by atomic mass is 9.86. The van der Waals surface area contributed by atoms with Gasteiger partial charge in [0.15, 0.2) is 13.1 Å². The van der Waals surface area contributed by atoms with E-state index in [1.54, 1.807) is 25.6 Å². The first-order valence-corrected chi connectivity index (χ1v) is 17.9. The van der Waals surface area contributed by atoms with E-state index in [4.69, 9.17) is 41.1 Å². The number of benzene rings is 1. The number of aromatic nitrogens is 4. The van der Waals surface area contributed by atoms with Gasteiger partial charge in [-0.25, -0.2) is 19.5 Å². The summed E-state index contributed by atoms with van der Waals surface area (Å²) in [6.07, 6.45) is 15.7. The monoisotopic (exact) mass is 708 g/mol. The van der Waals surface area contributed by atoms with Crippen LogP contribution in [0.2, 0.25) is 5.02 Å². The fourth-order valence-electron chi connectivity index (χ4n) is 6.42. The van der Waals surface area contributed by atoms with E-state index in [0.29, 0.717) is 41.7 Å². The third kappa shape index (κ3) is 10.7. The van der Waals surface area contributed by atoms with Crippen molar-refractivity contribution in [2.24, 2.45) is 10.9 Å². The van der Waals surface area contributed by atoms with Crippen LogP contribution in [0.25, 0.3) is 11.1 Å². The van der Waals surface area contributed by atoms with Gasteiger partial charge in [0.05, 0.1) is 36.2 Å². The van der Waals surface area contributed by atoms with Crippen molar-refractivity contribution in [2.45, 2.75) is 90.3 Å². The van der Waals surface area contributed by atoms with Gasteiger partial charge in [-0.15, -0.1) is 5.10 Å². The summed E-state index contributed by atoms with van der Waals surface area (Å²) in [5.74, 6) is 2.08. The Morgan fingerprint density at radius 1 is 1.08 bits per heavy atom. The van der Waals surface area contributed by atoms with Crippen LogP contribution in [-0.4, -0.2) is 101 Å². The number of aliphatic imine (C=N–C) groups is 1. The van der Waals surface area contributed by atoms with E-state index in [-0.39, 0.29) is 30.5 Å². The molecule has 0 bridgehead atoms. The molecule has 2 fully saturated rings. The van der Waals surface area contributed by atoms with Crippen LogP contribution in [0.15, 0.2) is 41.8 Å². The van der Waals surface area contributed by atoms with E-state index in [1.807, 2.05) is 32.2 Å². The second-order valence-corrected chi connectivity index (χ2v) is 13.7. The molecule has 1 aliphatic carbocycles. The fraction of sp³-hybridized carbons (Fsp3) is 0.556. The highest BCUT2D eigenvalue weighted by Crippen LogP contribution is 2.36. The summed E-state index contributed by atoms with van der Waals surface area (Å²) in [5.41, 5.74) is 2.41. The van der Waals surface area contributed by atoms with Gasteiger partial charge in [0.1, 0.15) is 42.3 Å². The van der Waals surface area contributed by atoms with Crippen molar-refractivity contribution in [3.63, 3.8) is 0 Å². The Hall–Kier alpha value is -4.07. The standard InChI is InChI=1S/C36H51ClN9O4/c1-24(12-13-47-5)50-35-33(21-46(44-35)31-9-6-28(7-10-31)20-45-18-26(3)48-27(4)19-45)43-36-41-16-30(17-42-36)29-8-11-32(37)34(14-29)49-25(2)15-39-23-40-22-38/h8,11,14,16-17,20-28,31H,6-7,9-10,12-13,15,18-19H2,1-5H3,(H2,38,39,40)(H,41,42,43)/q+1/b45-20-/t24?,25-,26-,27+,28?,31?/m0/s1. The molecule has 1 unspecified atom stereocenters. The highest BCUT2D eigenvalue weighted by molar-refractivity contribution is 6.32. The minimum atomic E-state index is -0.186. The number of rotatable bonds is 16. The first-order valence-electron chi connectivity index (χ1n) is 17.5. The van der Waals surface area contributed by atoms with E-state index in [0.717, 1.165) is 68.3 Å². The minimum Gasteiger partial charge on any atom is -0.487 e. The highest BCUT2D eigenvalue weighted by Gasteiger charge is 2.29. The predicted molar refractivity (Wildman–Crippen MR) is 197 cm³/mol. The predicted octanol–water partition coefficient (Wildman–Crippen LogP) is 6.15. The zero-order valence-electron chi connectivity index (χ0n) is 29.7. The summed E-state index contributed by atoms with van der Waals surface area (Å²) >= 11 is 6.44. The van der Waals surface area contributed by atoms with E-state index < -0.39 is 0 Å². The SMILES string of the molecule is COCCC(C)Oc1nn(C2CCC(/C=[N+]3\C[C@@H](C)O[C@@H](C)C3)CC2)cc1Nc1ncc(-c2ccc(Cl)c(O[C@@H](C)CN/C=N\C=N)c2)cn1. The number of ether oxygens (including phenoxy) is 4. The normalized spacial score (nSPS) is 23.0. The first-order chi connectivity index (χ1) is 24.2. The van der Waals surface area contributed by atoms with Gasteiger partial charge in [0.2, 0.25) is 5.95 Å². The average molecular weight is 709 g/mol. The summed E-state index contributed by atoms with van der Waals surface area (Å²) in [6, 6.07) is 5.87. The Bertz CT molecular complexity index is 1580. The Morgan fingerprint density at radius 2 is 1.82 bits per heavy atom. The van der Waals surface area contributed by atoms with Crippen molar-refractivity contribution in [3.05, 3.63) is 41.8 Å². The summed E-state index contributed by atoms with van der Waals surface area (Å²) in [7, 11) is 1.69. The Morgan fingerprint density at radius 3 is 2.52 bits per heavy atom. The van der Waals surface area contributed by atoms with Crippen molar-refractivity contribution in [1.29, 1.82) is 5.41 Å². The molecule has 3 aromatic rings. The molecule has 1 saturated heterocycles. The number of hydrogen-bond donors (Lipinski definition) is 3. The maximum atomic E-state index is 6.97. The number of halogens is 1. The van der Waals surface area contributed by atoms with Crippen molar-refractivity contribution in [2.75, 3.05) is 38.7 Å². The molecule has 1 aromatic carbocycles. The number of methoxy groups -OCH3 is 1. The number of anilines is 2. The molecule has 270 valence electrons. The van der Waals surface area contributed by atoms with Crippen molar-refractivity contribution in [1.82, 2.24) is 25.1 Å². The summed E-state index contributed by atoms with van der Waals surface area (Å²) in [4.78, 5) is 13.0. The maximum absolute atomic E-state index is 6.97. The van der Waals surface area contributed by atoms with Crippen LogP contribution in [0.4, 0.5) is 11.6 Å². The van der Waals surface area contributed by atoms with Crippen LogP contribution in [0, 0.1) is 11.3 Å². The molecule has 14 heteroatoms. The van der Waals surface area contributed by atoms with Crippen LogP contribution in [0.5, 0.6) is 11.6 Å². The van der Waals surface area contributed by atoms with Gasteiger partial charge in [0, 0.05) is 44.0 Å². The number of hydrogen-bond acceptors (Lipinski definition) is 9. The Balaban J connectivity index is 1.26. The topological polar surface area (TPSA) is 144 Å². The lowest BCUT2D eigenvalue weighted by Gasteiger charge is -2.28. The van der Waals surface area contributed by atoms with Gasteiger partial charge < -0.3 is 29.6 Å². The Kier molecular flexibility index (Phi) is 13.6. The molecule has 0 radical (unpaired) electrons.